The summed E-state index contributed by atoms with van der Waals surface area (Å²) in [5.74, 6) is -1.23. The number of ketones is 1. The molecule has 1 rings (SSSR count). The highest BCUT2D eigenvalue weighted by atomic mass is 19.1. The lowest BCUT2D eigenvalue weighted by molar-refractivity contribution is -0.113. The van der Waals surface area contributed by atoms with Crippen LogP contribution in [0.25, 0.3) is 0 Å². The summed E-state index contributed by atoms with van der Waals surface area (Å²) in [5, 5.41) is 0. The molecule has 1 fully saturated rings. The lowest BCUT2D eigenvalue weighted by atomic mass is 9.88. The second-order valence-corrected chi connectivity index (χ2v) is 5.48. The van der Waals surface area contributed by atoms with Gasteiger partial charge in [-0.3, -0.25) is 4.79 Å². The smallest absolute Gasteiger partial charge is 0.185 e. The third-order valence-corrected chi connectivity index (χ3v) is 2.86. The molecule has 0 aromatic heterocycles. The van der Waals surface area contributed by atoms with Gasteiger partial charge in [-0.25, -0.2) is 8.78 Å². The van der Waals surface area contributed by atoms with Crippen molar-refractivity contribution in [2.75, 3.05) is 28.2 Å². The molecule has 0 aromatic rings. The Labute approximate surface area is 124 Å². The second-order valence-electron chi connectivity index (χ2n) is 5.48. The Morgan fingerprint density at radius 2 is 1.29 bits per heavy atom. The average Bonchev–Trinajstić information content (AvgIpc) is 2.32. The van der Waals surface area contributed by atoms with E-state index in [2.05, 4.69) is 0 Å². The van der Waals surface area contributed by atoms with Gasteiger partial charge in [0.15, 0.2) is 5.78 Å². The molecule has 0 radical (unpaired) electrons. The fourth-order valence-electron chi connectivity index (χ4n) is 2.08. The standard InChI is InChI=1S/C16H22F2N2O/c1-19(2)10-14(17)8-12-6-5-7-13(16(12)21)9-15(18)11-20(3)4/h8-11H,5-7H2,1-4H3. The number of carbonyl (C=O) groups excluding carboxylic acids is 1. The molecule has 0 saturated heterocycles. The zero-order chi connectivity index (χ0) is 16.0. The van der Waals surface area contributed by atoms with Crippen LogP contribution in [-0.2, 0) is 4.79 Å². The van der Waals surface area contributed by atoms with Gasteiger partial charge in [0, 0.05) is 51.7 Å². The van der Waals surface area contributed by atoms with Gasteiger partial charge in [0.2, 0.25) is 0 Å². The predicted octanol–water partition coefficient (Wildman–Crippen LogP) is 3.34. The van der Waals surface area contributed by atoms with Gasteiger partial charge in [-0.05, 0) is 31.4 Å². The highest BCUT2D eigenvalue weighted by molar-refractivity contribution is 6.09. The minimum Gasteiger partial charge on any atom is -0.381 e. The molecule has 1 aliphatic rings. The molecule has 0 aliphatic heterocycles. The highest BCUT2D eigenvalue weighted by Crippen LogP contribution is 2.27. The first-order valence-electron chi connectivity index (χ1n) is 6.83. The summed E-state index contributed by atoms with van der Waals surface area (Å²) >= 11 is 0. The number of carbonyl (C=O) groups is 1. The molecule has 1 saturated carbocycles. The maximum atomic E-state index is 13.7. The van der Waals surface area contributed by atoms with Gasteiger partial charge in [-0.15, -0.1) is 0 Å². The van der Waals surface area contributed by atoms with Crippen molar-refractivity contribution in [3.05, 3.63) is 47.4 Å². The molecule has 0 amide bonds. The van der Waals surface area contributed by atoms with E-state index in [1.54, 1.807) is 38.0 Å². The Balaban J connectivity index is 2.97. The number of hydrogen-bond acceptors (Lipinski definition) is 3. The predicted molar refractivity (Wildman–Crippen MR) is 80.8 cm³/mol. The van der Waals surface area contributed by atoms with E-state index >= 15 is 0 Å². The van der Waals surface area contributed by atoms with Crippen LogP contribution in [0.2, 0.25) is 0 Å². The summed E-state index contributed by atoms with van der Waals surface area (Å²) in [6.45, 7) is 0. The summed E-state index contributed by atoms with van der Waals surface area (Å²) in [6, 6.07) is 0. The number of Topliss-reactive ketones (excluding diaryl/α,β-unsaturated/α-hetero) is 1. The number of halogens is 2. The summed E-state index contributed by atoms with van der Waals surface area (Å²) in [5.41, 5.74) is 0.779. The Kier molecular flexibility index (Phi) is 6.34. The van der Waals surface area contributed by atoms with Crippen LogP contribution in [0.3, 0.4) is 0 Å². The van der Waals surface area contributed by atoms with Crippen LogP contribution in [0.5, 0.6) is 0 Å². The molecule has 5 heteroatoms. The van der Waals surface area contributed by atoms with Crippen molar-refractivity contribution in [3.8, 4) is 0 Å². The van der Waals surface area contributed by atoms with Gasteiger partial charge in [0.25, 0.3) is 0 Å². The van der Waals surface area contributed by atoms with Gasteiger partial charge in [0.1, 0.15) is 11.7 Å². The normalized spacial score (nSPS) is 21.1. The molecule has 0 atom stereocenters. The number of allylic oxidation sites excluding steroid dienone is 6. The van der Waals surface area contributed by atoms with E-state index in [1.165, 1.54) is 24.6 Å². The van der Waals surface area contributed by atoms with E-state index in [9.17, 15) is 13.6 Å². The Bertz CT molecular complexity index is 470. The van der Waals surface area contributed by atoms with Crippen LogP contribution in [-0.4, -0.2) is 43.8 Å². The summed E-state index contributed by atoms with van der Waals surface area (Å²) < 4.78 is 27.3. The first-order valence-corrected chi connectivity index (χ1v) is 6.83. The number of rotatable bonds is 4. The topological polar surface area (TPSA) is 23.6 Å². The largest absolute Gasteiger partial charge is 0.381 e. The molecule has 0 heterocycles. The van der Waals surface area contributed by atoms with Crippen LogP contribution < -0.4 is 0 Å². The minimum atomic E-state index is -0.478. The third-order valence-electron chi connectivity index (χ3n) is 2.86. The van der Waals surface area contributed by atoms with Gasteiger partial charge >= 0.3 is 0 Å². The van der Waals surface area contributed by atoms with Crippen molar-refractivity contribution in [3.63, 3.8) is 0 Å². The molecule has 1 aliphatic carbocycles. The molecule has 3 nitrogen and oxygen atoms in total. The SMILES string of the molecule is CN(C)C=C(F)C=C1CCCC(=CC(F)=CN(C)C)C1=O. The molecule has 116 valence electrons. The Morgan fingerprint density at radius 1 is 0.905 bits per heavy atom. The molecule has 0 aromatic carbocycles. The summed E-state index contributed by atoms with van der Waals surface area (Å²) in [7, 11) is 6.81. The fraction of sp³-hybridized carbons (Fsp3) is 0.438. The summed E-state index contributed by atoms with van der Waals surface area (Å²) in [4.78, 5) is 15.3. The third kappa shape index (κ3) is 5.94. The quantitative estimate of drug-likeness (QED) is 0.743. The molecular weight excluding hydrogens is 274 g/mol. The number of hydrogen-bond donors (Lipinski definition) is 0. The van der Waals surface area contributed by atoms with E-state index in [-0.39, 0.29) is 5.78 Å². The molecule has 0 N–H and O–H groups in total. The Morgan fingerprint density at radius 3 is 1.62 bits per heavy atom. The maximum absolute atomic E-state index is 13.7. The van der Waals surface area contributed by atoms with Crippen LogP contribution in [0.15, 0.2) is 47.4 Å². The highest BCUT2D eigenvalue weighted by Gasteiger charge is 2.21. The zero-order valence-electron chi connectivity index (χ0n) is 13.0. The van der Waals surface area contributed by atoms with Gasteiger partial charge in [-0.1, -0.05) is 0 Å². The van der Waals surface area contributed by atoms with Crippen molar-refractivity contribution >= 4 is 5.78 Å². The van der Waals surface area contributed by atoms with E-state index in [4.69, 9.17) is 0 Å². The van der Waals surface area contributed by atoms with Crippen molar-refractivity contribution in [2.45, 2.75) is 19.3 Å². The van der Waals surface area contributed by atoms with Gasteiger partial charge < -0.3 is 9.80 Å². The van der Waals surface area contributed by atoms with Crippen molar-refractivity contribution < 1.29 is 13.6 Å². The van der Waals surface area contributed by atoms with Crippen molar-refractivity contribution in [2.24, 2.45) is 0 Å². The van der Waals surface area contributed by atoms with Crippen molar-refractivity contribution in [1.29, 1.82) is 0 Å². The van der Waals surface area contributed by atoms with Crippen LogP contribution >= 0.6 is 0 Å². The Hall–Kier alpha value is -1.91. The van der Waals surface area contributed by atoms with E-state index in [0.29, 0.717) is 30.4 Å². The lowest BCUT2D eigenvalue weighted by Gasteiger charge is -2.16. The van der Waals surface area contributed by atoms with Crippen LogP contribution in [0.4, 0.5) is 8.78 Å². The molecule has 0 spiro atoms. The first kappa shape index (κ1) is 17.1. The zero-order valence-corrected chi connectivity index (χ0v) is 13.0. The van der Waals surface area contributed by atoms with Crippen LogP contribution in [0, 0.1) is 0 Å². The maximum Gasteiger partial charge on any atom is 0.185 e. The minimum absolute atomic E-state index is 0.272. The van der Waals surface area contributed by atoms with Crippen molar-refractivity contribution in [1.82, 2.24) is 9.80 Å². The monoisotopic (exact) mass is 296 g/mol. The van der Waals surface area contributed by atoms with Gasteiger partial charge in [0.05, 0.1) is 0 Å². The fourth-order valence-corrected chi connectivity index (χ4v) is 2.08. The lowest BCUT2D eigenvalue weighted by Crippen LogP contribution is -2.13. The summed E-state index contributed by atoms with van der Waals surface area (Å²) in [6.07, 6.45) is 6.82. The van der Waals surface area contributed by atoms with E-state index in [1.807, 2.05) is 0 Å². The van der Waals surface area contributed by atoms with E-state index in [0.717, 1.165) is 0 Å². The average molecular weight is 296 g/mol. The number of nitrogens with zero attached hydrogens (tertiary/aromatic N) is 2. The molecule has 21 heavy (non-hydrogen) atoms. The molecule has 0 bridgehead atoms. The van der Waals surface area contributed by atoms with Gasteiger partial charge in [-0.2, -0.15) is 0 Å². The first-order chi connectivity index (χ1) is 9.79. The molecular formula is C16H22F2N2O. The molecule has 0 unspecified atom stereocenters. The second kappa shape index (κ2) is 7.76. The van der Waals surface area contributed by atoms with E-state index < -0.39 is 11.7 Å². The van der Waals surface area contributed by atoms with Crippen LogP contribution in [0.1, 0.15) is 19.3 Å².